The molecule has 1 atom stereocenters. The Labute approximate surface area is 148 Å². The summed E-state index contributed by atoms with van der Waals surface area (Å²) in [5.74, 6) is 7.71. The number of nitrogens with two attached hydrogens (primary N) is 1. The second-order valence-electron chi connectivity index (χ2n) is 5.66. The van der Waals surface area contributed by atoms with Gasteiger partial charge in [0, 0.05) is 23.4 Å². The lowest BCUT2D eigenvalue weighted by Gasteiger charge is -2.11. The van der Waals surface area contributed by atoms with Crippen LogP contribution in [0.25, 0.3) is 11.0 Å². The van der Waals surface area contributed by atoms with Crippen LogP contribution < -0.4 is 15.3 Å². The molecule has 0 aliphatic heterocycles. The first kappa shape index (κ1) is 17.2. The van der Waals surface area contributed by atoms with E-state index in [2.05, 4.69) is 9.97 Å². The van der Waals surface area contributed by atoms with Crippen LogP contribution >= 0.6 is 0 Å². The van der Waals surface area contributed by atoms with Gasteiger partial charge in [-0.05, 0) is 26.0 Å². The Morgan fingerprint density at radius 1 is 1.24 bits per heavy atom. The summed E-state index contributed by atoms with van der Waals surface area (Å²) < 4.78 is 24.8. The van der Waals surface area contributed by atoms with Gasteiger partial charge in [0.2, 0.25) is 5.16 Å². The Hall–Kier alpha value is -2.61. The molecule has 2 aromatic heterocycles. The minimum absolute atomic E-state index is 0.208. The zero-order valence-corrected chi connectivity index (χ0v) is 15.4. The van der Waals surface area contributed by atoms with Crippen LogP contribution in [0.3, 0.4) is 0 Å². The number of aryl methyl sites for hydroxylation is 1. The maximum Gasteiger partial charge on any atom is 0.219 e. The number of hydrogen-bond acceptors (Lipinski definition) is 6. The fraction of sp³-hybridized carbons (Fsp3) is 0.294. The number of methoxy groups -OCH3 is 2. The number of imidazole rings is 1. The van der Waals surface area contributed by atoms with Crippen molar-refractivity contribution in [2.75, 3.05) is 20.1 Å². The summed E-state index contributed by atoms with van der Waals surface area (Å²) in [7, 11) is 1.75. The Bertz CT molecular complexity index is 968. The van der Waals surface area contributed by atoms with Gasteiger partial charge in [-0.3, -0.25) is 9.19 Å². The van der Waals surface area contributed by atoms with E-state index in [1.165, 1.54) is 4.68 Å². The van der Waals surface area contributed by atoms with Crippen LogP contribution in [0.2, 0.25) is 0 Å². The van der Waals surface area contributed by atoms with Crippen molar-refractivity contribution < 1.29 is 13.7 Å². The zero-order valence-electron chi connectivity index (χ0n) is 14.6. The molecule has 0 aliphatic carbocycles. The molecule has 7 nitrogen and oxygen atoms in total. The minimum Gasteiger partial charge on any atom is -0.497 e. The van der Waals surface area contributed by atoms with Gasteiger partial charge in [0.05, 0.1) is 47.5 Å². The molecule has 2 N–H and O–H groups in total. The number of nitrogens with zero attached hydrogens (tertiary/aromatic N) is 3. The van der Waals surface area contributed by atoms with Crippen LogP contribution in [0.15, 0.2) is 29.6 Å². The maximum absolute atomic E-state index is 12.8. The molecule has 132 valence electrons. The van der Waals surface area contributed by atoms with E-state index in [9.17, 15) is 4.21 Å². The molecule has 2 heterocycles. The highest BCUT2D eigenvalue weighted by Gasteiger charge is 2.19. The molecule has 0 saturated carbocycles. The van der Waals surface area contributed by atoms with Gasteiger partial charge in [-0.2, -0.15) is 0 Å². The van der Waals surface area contributed by atoms with Gasteiger partial charge < -0.3 is 15.3 Å². The van der Waals surface area contributed by atoms with Crippen LogP contribution in [-0.2, 0) is 16.6 Å². The van der Waals surface area contributed by atoms with E-state index in [4.69, 9.17) is 15.3 Å². The number of fused-ring (bicyclic) bond motifs is 1. The van der Waals surface area contributed by atoms with Crippen molar-refractivity contribution in [1.29, 1.82) is 0 Å². The van der Waals surface area contributed by atoms with Crippen LogP contribution in [0.1, 0.15) is 16.8 Å². The third-order valence-corrected chi connectivity index (χ3v) is 5.32. The smallest absolute Gasteiger partial charge is 0.219 e. The van der Waals surface area contributed by atoms with Crippen LogP contribution in [0, 0.1) is 13.8 Å². The van der Waals surface area contributed by atoms with E-state index < -0.39 is 10.8 Å². The summed E-state index contributed by atoms with van der Waals surface area (Å²) in [6.07, 6.45) is 1.72. The van der Waals surface area contributed by atoms with Crippen molar-refractivity contribution in [2.45, 2.75) is 24.8 Å². The SMILES string of the molecule is COc1ccc2c(c1)nc([S@@](=O)Cc1ncc(C)c(OC)c1C)n2N. The fourth-order valence-electron chi connectivity index (χ4n) is 2.75. The van der Waals surface area contributed by atoms with E-state index in [1.807, 2.05) is 13.8 Å². The molecule has 0 radical (unpaired) electrons. The lowest BCUT2D eigenvalue weighted by molar-refractivity contribution is 0.407. The molecule has 8 heteroatoms. The largest absolute Gasteiger partial charge is 0.497 e. The van der Waals surface area contributed by atoms with Crippen molar-refractivity contribution in [2.24, 2.45) is 0 Å². The minimum atomic E-state index is -1.45. The Morgan fingerprint density at radius 3 is 2.68 bits per heavy atom. The van der Waals surface area contributed by atoms with Crippen molar-refractivity contribution >= 4 is 21.8 Å². The van der Waals surface area contributed by atoms with Gasteiger partial charge in [0.1, 0.15) is 11.5 Å². The average molecular weight is 360 g/mol. The molecule has 0 aliphatic rings. The molecular weight excluding hydrogens is 340 g/mol. The van der Waals surface area contributed by atoms with Crippen LogP contribution in [0.5, 0.6) is 11.5 Å². The van der Waals surface area contributed by atoms with Crippen molar-refractivity contribution in [3.8, 4) is 11.5 Å². The summed E-state index contributed by atoms with van der Waals surface area (Å²) in [6.45, 7) is 3.83. The monoisotopic (exact) mass is 360 g/mol. The first-order valence-corrected chi connectivity index (χ1v) is 8.97. The third kappa shape index (κ3) is 3.05. The van der Waals surface area contributed by atoms with E-state index in [1.54, 1.807) is 38.6 Å². The molecule has 3 aromatic rings. The van der Waals surface area contributed by atoms with E-state index in [-0.39, 0.29) is 5.75 Å². The van der Waals surface area contributed by atoms with Crippen LogP contribution in [-0.4, -0.2) is 33.1 Å². The molecule has 0 saturated heterocycles. The number of benzene rings is 1. The first-order valence-electron chi connectivity index (χ1n) is 7.65. The lowest BCUT2D eigenvalue weighted by Crippen LogP contribution is -2.15. The summed E-state index contributed by atoms with van der Waals surface area (Å²) in [5.41, 5.74) is 3.84. The van der Waals surface area contributed by atoms with E-state index in [0.29, 0.717) is 27.6 Å². The van der Waals surface area contributed by atoms with Gasteiger partial charge >= 0.3 is 0 Å². The van der Waals surface area contributed by atoms with Gasteiger partial charge in [0.15, 0.2) is 0 Å². The van der Waals surface area contributed by atoms with Crippen molar-refractivity contribution in [3.05, 3.63) is 41.2 Å². The Morgan fingerprint density at radius 2 is 2.00 bits per heavy atom. The topological polar surface area (TPSA) is 92.3 Å². The van der Waals surface area contributed by atoms with E-state index >= 15 is 0 Å². The predicted molar refractivity (Wildman–Crippen MR) is 96.8 cm³/mol. The number of rotatable bonds is 5. The molecule has 0 fully saturated rings. The standard InChI is InChI=1S/C17H20N4O3S/c1-10-8-19-14(11(2)16(10)24-4)9-25(22)17-20-13-7-12(23-3)5-6-15(13)21(17)18/h5-8H,9,18H2,1-4H3/t25-/m0/s1. The number of nitrogen functional groups attached to an aromatic ring is 1. The summed E-state index contributed by atoms with van der Waals surface area (Å²) in [5, 5.41) is 0.295. The van der Waals surface area contributed by atoms with Crippen LogP contribution in [0.4, 0.5) is 0 Å². The van der Waals surface area contributed by atoms with Gasteiger partial charge in [-0.25, -0.2) is 9.66 Å². The molecule has 0 amide bonds. The van der Waals surface area contributed by atoms with Gasteiger partial charge in [-0.1, -0.05) is 0 Å². The second-order valence-corrected chi connectivity index (χ2v) is 7.00. The quantitative estimate of drug-likeness (QED) is 0.701. The molecule has 3 rings (SSSR count). The lowest BCUT2D eigenvalue weighted by atomic mass is 10.1. The molecule has 0 unspecified atom stereocenters. The van der Waals surface area contributed by atoms with E-state index in [0.717, 1.165) is 16.9 Å². The van der Waals surface area contributed by atoms with Crippen molar-refractivity contribution in [3.63, 3.8) is 0 Å². The fourth-order valence-corrected chi connectivity index (χ4v) is 3.94. The molecule has 1 aromatic carbocycles. The Kier molecular flexibility index (Phi) is 4.63. The Balaban J connectivity index is 1.97. The summed E-state index contributed by atoms with van der Waals surface area (Å²) >= 11 is 0. The van der Waals surface area contributed by atoms with Gasteiger partial charge in [0.25, 0.3) is 0 Å². The normalized spacial score (nSPS) is 12.3. The average Bonchev–Trinajstić information content (AvgIpc) is 2.94. The first-order chi connectivity index (χ1) is 12.0. The number of aromatic nitrogens is 3. The number of pyridine rings is 1. The zero-order chi connectivity index (χ0) is 18.1. The molecule has 0 spiro atoms. The summed E-state index contributed by atoms with van der Waals surface area (Å²) in [6, 6.07) is 5.34. The highest BCUT2D eigenvalue weighted by Crippen LogP contribution is 2.26. The molecule has 25 heavy (non-hydrogen) atoms. The molecule has 0 bridgehead atoms. The number of ether oxygens (including phenoxy) is 2. The predicted octanol–water partition coefficient (Wildman–Crippen LogP) is 2.09. The second kappa shape index (κ2) is 6.72. The summed E-state index contributed by atoms with van der Waals surface area (Å²) in [4.78, 5) is 8.80. The third-order valence-electron chi connectivity index (χ3n) is 4.09. The maximum atomic E-state index is 12.8. The van der Waals surface area contributed by atoms with Crippen molar-refractivity contribution in [1.82, 2.24) is 14.6 Å². The highest BCUT2D eigenvalue weighted by molar-refractivity contribution is 7.84. The van der Waals surface area contributed by atoms with Gasteiger partial charge in [-0.15, -0.1) is 0 Å². The highest BCUT2D eigenvalue weighted by atomic mass is 32.2. The number of hydrogen-bond donors (Lipinski definition) is 1. The molecular formula is C17H20N4O3S.